The second-order valence-corrected chi connectivity index (χ2v) is 7.51. The van der Waals surface area contributed by atoms with Crippen LogP contribution in [0, 0.1) is 0 Å². The first-order valence-corrected chi connectivity index (χ1v) is 10.5. The van der Waals surface area contributed by atoms with Crippen molar-refractivity contribution < 1.29 is 14.3 Å². The second kappa shape index (κ2) is 10.1. The SMILES string of the molecule is CCCCCC(C)NC(=O)c1cc(-c2ccc(OC)c(OC)c2)nc2ccccc12. The second-order valence-electron chi connectivity index (χ2n) is 7.51. The number of nitrogens with zero attached hydrogens (tertiary/aromatic N) is 1. The Balaban J connectivity index is 1.98. The first-order chi connectivity index (χ1) is 14.6. The van der Waals surface area contributed by atoms with Gasteiger partial charge in [-0.3, -0.25) is 4.79 Å². The highest BCUT2D eigenvalue weighted by Crippen LogP contribution is 2.33. The smallest absolute Gasteiger partial charge is 0.252 e. The number of nitrogens with one attached hydrogen (secondary N) is 1. The van der Waals surface area contributed by atoms with E-state index in [9.17, 15) is 4.79 Å². The molecule has 158 valence electrons. The van der Waals surface area contributed by atoms with Gasteiger partial charge in [-0.25, -0.2) is 4.98 Å². The lowest BCUT2D eigenvalue weighted by Gasteiger charge is -2.16. The molecule has 0 fully saturated rings. The Bertz CT molecular complexity index is 1020. The van der Waals surface area contributed by atoms with Crippen LogP contribution in [0.25, 0.3) is 22.2 Å². The zero-order valence-electron chi connectivity index (χ0n) is 18.2. The molecule has 5 nitrogen and oxygen atoms in total. The van der Waals surface area contributed by atoms with Gasteiger partial charge in [0.2, 0.25) is 0 Å². The fourth-order valence-electron chi connectivity index (χ4n) is 3.58. The number of pyridine rings is 1. The predicted molar refractivity (Wildman–Crippen MR) is 121 cm³/mol. The summed E-state index contributed by atoms with van der Waals surface area (Å²) in [5.74, 6) is 1.21. The third-order valence-electron chi connectivity index (χ3n) is 5.26. The van der Waals surface area contributed by atoms with Crippen LogP contribution in [-0.4, -0.2) is 31.2 Å². The van der Waals surface area contributed by atoms with Crippen molar-refractivity contribution in [3.8, 4) is 22.8 Å². The third kappa shape index (κ3) is 4.90. The molecule has 0 bridgehead atoms. The number of amides is 1. The number of carbonyl (C=O) groups is 1. The fourth-order valence-corrected chi connectivity index (χ4v) is 3.58. The minimum atomic E-state index is -0.0701. The van der Waals surface area contributed by atoms with E-state index in [1.165, 1.54) is 12.8 Å². The van der Waals surface area contributed by atoms with Crippen LogP contribution in [0.1, 0.15) is 49.9 Å². The minimum Gasteiger partial charge on any atom is -0.493 e. The summed E-state index contributed by atoms with van der Waals surface area (Å²) < 4.78 is 10.8. The Hall–Kier alpha value is -3.08. The van der Waals surface area contributed by atoms with Crippen LogP contribution in [0.4, 0.5) is 0 Å². The molecule has 0 saturated carbocycles. The van der Waals surface area contributed by atoms with Crippen molar-refractivity contribution in [1.29, 1.82) is 0 Å². The molecule has 30 heavy (non-hydrogen) atoms. The van der Waals surface area contributed by atoms with Gasteiger partial charge in [-0.15, -0.1) is 0 Å². The Kier molecular flexibility index (Phi) is 7.28. The van der Waals surface area contributed by atoms with Crippen LogP contribution < -0.4 is 14.8 Å². The fraction of sp³-hybridized carbons (Fsp3) is 0.360. The van der Waals surface area contributed by atoms with Gasteiger partial charge in [0.25, 0.3) is 5.91 Å². The highest BCUT2D eigenvalue weighted by molar-refractivity contribution is 6.07. The summed E-state index contributed by atoms with van der Waals surface area (Å²) in [6.45, 7) is 4.24. The average Bonchev–Trinajstić information content (AvgIpc) is 2.77. The lowest BCUT2D eigenvalue weighted by molar-refractivity contribution is 0.0939. The van der Waals surface area contributed by atoms with Crippen molar-refractivity contribution in [2.24, 2.45) is 0 Å². The molecule has 0 radical (unpaired) electrons. The summed E-state index contributed by atoms with van der Waals surface area (Å²) in [4.78, 5) is 17.9. The van der Waals surface area contributed by atoms with E-state index in [-0.39, 0.29) is 11.9 Å². The molecule has 1 atom stereocenters. The van der Waals surface area contributed by atoms with Gasteiger partial charge in [0, 0.05) is 17.0 Å². The highest BCUT2D eigenvalue weighted by Gasteiger charge is 2.16. The van der Waals surface area contributed by atoms with Gasteiger partial charge in [-0.1, -0.05) is 44.4 Å². The summed E-state index contributed by atoms with van der Waals surface area (Å²) in [5, 5.41) is 4.00. The largest absolute Gasteiger partial charge is 0.493 e. The number of hydrogen-bond acceptors (Lipinski definition) is 4. The molecule has 3 aromatic rings. The van der Waals surface area contributed by atoms with E-state index in [4.69, 9.17) is 14.5 Å². The number of carbonyl (C=O) groups excluding carboxylic acids is 1. The summed E-state index contributed by atoms with van der Waals surface area (Å²) >= 11 is 0. The van der Waals surface area contributed by atoms with Crippen molar-refractivity contribution in [3.63, 3.8) is 0 Å². The van der Waals surface area contributed by atoms with Crippen molar-refractivity contribution in [2.45, 2.75) is 45.6 Å². The molecule has 1 amide bonds. The molecule has 0 saturated heterocycles. The molecule has 1 aromatic heterocycles. The van der Waals surface area contributed by atoms with E-state index in [1.54, 1.807) is 14.2 Å². The van der Waals surface area contributed by atoms with Crippen molar-refractivity contribution in [1.82, 2.24) is 10.3 Å². The number of para-hydroxylation sites is 1. The molecular weight excluding hydrogens is 376 g/mol. The van der Waals surface area contributed by atoms with Gasteiger partial charge in [-0.05, 0) is 43.7 Å². The van der Waals surface area contributed by atoms with E-state index in [0.29, 0.717) is 17.1 Å². The maximum absolute atomic E-state index is 13.1. The number of aromatic nitrogens is 1. The summed E-state index contributed by atoms with van der Waals surface area (Å²) in [7, 11) is 3.21. The first-order valence-electron chi connectivity index (χ1n) is 10.5. The number of hydrogen-bond donors (Lipinski definition) is 1. The van der Waals surface area contributed by atoms with Gasteiger partial charge in [-0.2, -0.15) is 0 Å². The molecule has 0 aliphatic carbocycles. The van der Waals surface area contributed by atoms with E-state index in [1.807, 2.05) is 48.5 Å². The van der Waals surface area contributed by atoms with Crippen molar-refractivity contribution in [3.05, 3.63) is 54.1 Å². The van der Waals surface area contributed by atoms with Crippen molar-refractivity contribution in [2.75, 3.05) is 14.2 Å². The quantitative estimate of drug-likeness (QED) is 0.469. The maximum Gasteiger partial charge on any atom is 0.252 e. The van der Waals surface area contributed by atoms with Gasteiger partial charge in [0.1, 0.15) is 0 Å². The highest BCUT2D eigenvalue weighted by atomic mass is 16.5. The topological polar surface area (TPSA) is 60.5 Å². The van der Waals surface area contributed by atoms with E-state index >= 15 is 0 Å². The van der Waals surface area contributed by atoms with Crippen molar-refractivity contribution >= 4 is 16.8 Å². The zero-order valence-corrected chi connectivity index (χ0v) is 18.2. The molecular formula is C25H30N2O3. The van der Waals surface area contributed by atoms with E-state index < -0.39 is 0 Å². The molecule has 1 N–H and O–H groups in total. The summed E-state index contributed by atoms with van der Waals surface area (Å²) in [6.07, 6.45) is 4.45. The number of methoxy groups -OCH3 is 2. The Labute approximate surface area is 178 Å². The monoisotopic (exact) mass is 406 g/mol. The van der Waals surface area contributed by atoms with E-state index in [2.05, 4.69) is 19.2 Å². The van der Waals surface area contributed by atoms with E-state index in [0.717, 1.165) is 35.0 Å². The molecule has 0 aliphatic heterocycles. The van der Waals surface area contributed by atoms with Crippen LogP contribution in [0.15, 0.2) is 48.5 Å². The summed E-state index contributed by atoms with van der Waals surface area (Å²) in [5.41, 5.74) is 3.00. The lowest BCUT2D eigenvalue weighted by atomic mass is 10.0. The molecule has 1 unspecified atom stereocenters. The molecule has 2 aromatic carbocycles. The van der Waals surface area contributed by atoms with Crippen LogP contribution in [0.2, 0.25) is 0 Å². The van der Waals surface area contributed by atoms with Gasteiger partial charge < -0.3 is 14.8 Å². The third-order valence-corrected chi connectivity index (χ3v) is 5.26. The minimum absolute atomic E-state index is 0.0701. The molecule has 0 spiro atoms. The number of unbranched alkanes of at least 4 members (excludes halogenated alkanes) is 2. The predicted octanol–water partition coefficient (Wildman–Crippen LogP) is 5.62. The lowest BCUT2D eigenvalue weighted by Crippen LogP contribution is -2.32. The first kappa shape index (κ1) is 21.6. The molecule has 5 heteroatoms. The average molecular weight is 407 g/mol. The standard InChI is InChI=1S/C25H30N2O3/c1-5-6-7-10-17(2)26-25(28)20-16-22(27-21-12-9-8-11-19(20)21)18-13-14-23(29-3)24(15-18)30-4/h8-9,11-17H,5-7,10H2,1-4H3,(H,26,28). The van der Waals surface area contributed by atoms with Crippen LogP contribution in [0.3, 0.4) is 0 Å². The van der Waals surface area contributed by atoms with Crippen LogP contribution in [-0.2, 0) is 0 Å². The zero-order chi connectivity index (χ0) is 21.5. The Morgan fingerprint density at radius 3 is 2.53 bits per heavy atom. The van der Waals surface area contributed by atoms with Gasteiger partial charge in [0.05, 0.1) is 31.0 Å². The summed E-state index contributed by atoms with van der Waals surface area (Å²) in [6, 6.07) is 15.4. The normalized spacial score (nSPS) is 11.9. The number of fused-ring (bicyclic) bond motifs is 1. The Morgan fingerprint density at radius 1 is 1.03 bits per heavy atom. The molecule has 0 aliphatic rings. The van der Waals surface area contributed by atoms with Crippen LogP contribution >= 0.6 is 0 Å². The number of ether oxygens (including phenoxy) is 2. The number of benzene rings is 2. The maximum atomic E-state index is 13.1. The number of rotatable bonds is 9. The van der Waals surface area contributed by atoms with Crippen LogP contribution in [0.5, 0.6) is 11.5 Å². The molecule has 3 rings (SSSR count). The molecule has 1 heterocycles. The van der Waals surface area contributed by atoms with Gasteiger partial charge >= 0.3 is 0 Å². The van der Waals surface area contributed by atoms with Gasteiger partial charge in [0.15, 0.2) is 11.5 Å². The Morgan fingerprint density at radius 2 is 1.80 bits per heavy atom.